The van der Waals surface area contributed by atoms with E-state index < -0.39 is 25.0 Å². The fourth-order valence-corrected chi connectivity index (χ4v) is 4.91. The molecule has 0 aliphatic carbocycles. The normalized spacial score (nSPS) is 9.56. The minimum absolute atomic E-state index is 0.239. The summed E-state index contributed by atoms with van der Waals surface area (Å²) in [5.41, 5.74) is 1.81. The van der Waals surface area contributed by atoms with Crippen molar-refractivity contribution in [2.75, 3.05) is 0 Å². The molecule has 0 amide bonds. The molecule has 2 aromatic rings. The molecule has 2 rings (SSSR count). The molecule has 1 heterocycles. The van der Waals surface area contributed by atoms with Crippen molar-refractivity contribution in [3.8, 4) is 11.3 Å². The van der Waals surface area contributed by atoms with E-state index in [-0.39, 0.29) is 5.97 Å². The van der Waals surface area contributed by atoms with Crippen LogP contribution in [0.25, 0.3) is 11.3 Å². The summed E-state index contributed by atoms with van der Waals surface area (Å²) in [7, 11) is 0. The van der Waals surface area contributed by atoms with E-state index >= 15 is 0 Å². The molecule has 0 bridgehead atoms. The number of hydrogen-bond donors (Lipinski definition) is 0. The van der Waals surface area contributed by atoms with Crippen LogP contribution in [0.15, 0.2) is 41.1 Å². The van der Waals surface area contributed by atoms with E-state index in [1.165, 1.54) is 13.3 Å². The first-order valence-corrected chi connectivity index (χ1v) is 9.88. The van der Waals surface area contributed by atoms with Crippen molar-refractivity contribution in [2.45, 2.75) is 6.92 Å². The molecule has 0 saturated carbocycles. The number of carbonyl (C=O) groups is 1. The van der Waals surface area contributed by atoms with Crippen molar-refractivity contribution in [1.29, 1.82) is 0 Å². The second-order valence-corrected chi connectivity index (χ2v) is 8.01. The first-order chi connectivity index (χ1) is 7.77. The zero-order valence-corrected chi connectivity index (χ0v) is 14.3. The number of hydrogen-bond acceptors (Lipinski definition) is 4. The quantitative estimate of drug-likeness (QED) is 0.729. The van der Waals surface area contributed by atoms with E-state index in [4.69, 9.17) is 7.06 Å². The van der Waals surface area contributed by atoms with E-state index in [9.17, 15) is 4.79 Å². The van der Waals surface area contributed by atoms with Crippen LogP contribution in [0.5, 0.6) is 0 Å². The van der Waals surface area contributed by atoms with Gasteiger partial charge in [0.05, 0.1) is 0 Å². The average molecular weight is 404 g/mol. The van der Waals surface area contributed by atoms with Gasteiger partial charge in [-0.05, 0) is 0 Å². The molecule has 0 N–H and O–H groups in total. The van der Waals surface area contributed by atoms with Crippen LogP contribution in [-0.2, 0) is 32.5 Å². The number of nitrogens with zero attached hydrogens (tertiary/aromatic N) is 1. The van der Waals surface area contributed by atoms with Crippen molar-refractivity contribution in [2.24, 2.45) is 0 Å². The number of aromatic nitrogens is 1. The summed E-state index contributed by atoms with van der Waals surface area (Å²) in [5.74, 6) is -0.239. The van der Waals surface area contributed by atoms with E-state index in [2.05, 4.69) is 4.98 Å². The van der Waals surface area contributed by atoms with Crippen LogP contribution in [0.4, 0.5) is 0 Å². The van der Waals surface area contributed by atoms with Crippen LogP contribution in [0.1, 0.15) is 6.92 Å². The van der Waals surface area contributed by atoms with Crippen molar-refractivity contribution in [1.82, 2.24) is 4.98 Å². The summed E-state index contributed by atoms with van der Waals surface area (Å²) in [4.78, 5) is 14.9. The molecule has 4 nitrogen and oxygen atoms in total. The molecule has 5 heteroatoms. The number of carbonyl (C=O) groups excluding carboxylic acids is 1. The van der Waals surface area contributed by atoms with Gasteiger partial charge in [-0.3, -0.25) is 0 Å². The van der Waals surface area contributed by atoms with Crippen LogP contribution >= 0.6 is 0 Å². The van der Waals surface area contributed by atoms with Gasteiger partial charge in [-0.2, -0.15) is 0 Å². The summed E-state index contributed by atoms with van der Waals surface area (Å²) in [6, 6.07) is 9.75. The zero-order valence-electron chi connectivity index (χ0n) is 8.84. The van der Waals surface area contributed by atoms with Gasteiger partial charge in [-0.25, -0.2) is 0 Å². The summed E-state index contributed by atoms with van der Waals surface area (Å²) in [6.45, 7) is 1.42. The SMILES string of the molecule is CC(=O)[O][Hg][c]1ocnc1-c1ccccc1. The van der Waals surface area contributed by atoms with E-state index in [0.717, 1.165) is 14.5 Å². The Hall–Kier alpha value is -1.16. The predicted molar refractivity (Wildman–Crippen MR) is 53.3 cm³/mol. The van der Waals surface area contributed by atoms with Gasteiger partial charge in [0.25, 0.3) is 0 Å². The van der Waals surface area contributed by atoms with E-state index in [1.54, 1.807) is 0 Å². The maximum atomic E-state index is 10.8. The molecule has 0 atom stereocenters. The fraction of sp³-hybridized carbons (Fsp3) is 0.0909. The third-order valence-corrected chi connectivity index (χ3v) is 7.21. The Morgan fingerprint density at radius 2 is 2.12 bits per heavy atom. The Kier molecular flexibility index (Phi) is 3.72. The van der Waals surface area contributed by atoms with Crippen LogP contribution in [0, 0.1) is 0 Å². The zero-order chi connectivity index (χ0) is 11.4. The first kappa shape index (κ1) is 11.3. The molecule has 78 valence electrons. The van der Waals surface area contributed by atoms with Crippen LogP contribution < -0.4 is 3.27 Å². The second-order valence-electron chi connectivity index (χ2n) is 3.27. The summed E-state index contributed by atoms with van der Waals surface area (Å²) in [5, 5.41) is 0. The molecule has 1 aromatic carbocycles. The number of rotatable bonds is 3. The second kappa shape index (κ2) is 5.25. The Morgan fingerprint density at radius 1 is 1.38 bits per heavy atom. The third kappa shape index (κ3) is 2.69. The van der Waals surface area contributed by atoms with Crippen LogP contribution in [-0.4, -0.2) is 11.0 Å². The Balaban J connectivity index is 2.23. The van der Waals surface area contributed by atoms with Crippen molar-refractivity contribution in [3.63, 3.8) is 0 Å². The monoisotopic (exact) mass is 405 g/mol. The molecule has 16 heavy (non-hydrogen) atoms. The standard InChI is InChI=1S/C9H6NO.C2H4O2.Hg/c1-2-4-8(5-3-1)9-6-11-7-10-9;1-2(3)4;/h1-5,7H;1H3,(H,3,4);/q;;+1/p-1. The Labute approximate surface area is 106 Å². The van der Waals surface area contributed by atoms with E-state index in [1.807, 2.05) is 30.3 Å². The average Bonchev–Trinajstić information content (AvgIpc) is 2.75. The number of oxazole rings is 1. The Bertz CT molecular complexity index is 481. The molecular formula is C11H9HgNO3. The van der Waals surface area contributed by atoms with E-state index in [0.29, 0.717) is 0 Å². The first-order valence-electron chi connectivity index (χ1n) is 4.88. The van der Waals surface area contributed by atoms with Crippen molar-refractivity contribution >= 4 is 9.24 Å². The molecule has 0 unspecified atom stereocenters. The molecule has 0 aliphatic rings. The van der Waals surface area contributed by atoms with Crippen molar-refractivity contribution < 1.29 is 36.9 Å². The van der Waals surface area contributed by atoms with Crippen LogP contribution in [0.2, 0.25) is 0 Å². The molecule has 0 radical (unpaired) electrons. The number of benzene rings is 1. The summed E-state index contributed by atoms with van der Waals surface area (Å²) < 4.78 is 11.2. The van der Waals surface area contributed by atoms with Gasteiger partial charge in [0.2, 0.25) is 0 Å². The molecular weight excluding hydrogens is 395 g/mol. The van der Waals surface area contributed by atoms with Gasteiger partial charge in [-0.1, -0.05) is 0 Å². The fourth-order valence-electron chi connectivity index (χ4n) is 1.37. The predicted octanol–water partition coefficient (Wildman–Crippen LogP) is 1.53. The van der Waals surface area contributed by atoms with Crippen molar-refractivity contribution in [3.05, 3.63) is 36.7 Å². The van der Waals surface area contributed by atoms with Gasteiger partial charge in [0, 0.05) is 0 Å². The van der Waals surface area contributed by atoms with Gasteiger partial charge in [-0.15, -0.1) is 0 Å². The van der Waals surface area contributed by atoms with Gasteiger partial charge in [0.15, 0.2) is 0 Å². The molecule has 0 fully saturated rings. The minimum atomic E-state index is -1.94. The summed E-state index contributed by atoms with van der Waals surface area (Å²) in [6.07, 6.45) is 1.40. The summed E-state index contributed by atoms with van der Waals surface area (Å²) >= 11 is -1.94. The topological polar surface area (TPSA) is 52.3 Å². The van der Waals surface area contributed by atoms with Crippen LogP contribution in [0.3, 0.4) is 0 Å². The van der Waals surface area contributed by atoms with Gasteiger partial charge < -0.3 is 0 Å². The third-order valence-electron chi connectivity index (χ3n) is 2.09. The Morgan fingerprint density at radius 3 is 2.81 bits per heavy atom. The molecule has 0 aliphatic heterocycles. The van der Waals surface area contributed by atoms with Gasteiger partial charge in [0.1, 0.15) is 0 Å². The molecule has 0 saturated heterocycles. The van der Waals surface area contributed by atoms with Gasteiger partial charge >= 0.3 is 106 Å². The molecule has 0 spiro atoms. The maximum absolute atomic E-state index is 10.8. The molecule has 1 aromatic heterocycles.